The van der Waals surface area contributed by atoms with E-state index in [-0.39, 0.29) is 0 Å². The zero-order valence-electron chi connectivity index (χ0n) is 9.81. The normalized spacial score (nSPS) is 20.4. The molecule has 1 atom stereocenters. The van der Waals surface area contributed by atoms with Crippen molar-refractivity contribution in [3.05, 3.63) is 12.7 Å². The minimum absolute atomic E-state index is 0.621. The summed E-state index contributed by atoms with van der Waals surface area (Å²) in [7, 11) is 0. The molecule has 0 saturated heterocycles. The Bertz CT molecular complexity index is 170. The average molecular weight is 195 g/mol. The maximum atomic E-state index is 3.78. The molecule has 14 heavy (non-hydrogen) atoms. The molecule has 1 nitrogen and oxygen atoms in total. The molecule has 0 aromatic heterocycles. The lowest BCUT2D eigenvalue weighted by Gasteiger charge is -2.24. The molecule has 1 aliphatic carbocycles. The van der Waals surface area contributed by atoms with Gasteiger partial charge in [-0.15, -0.1) is 6.58 Å². The first-order chi connectivity index (χ1) is 6.73. The van der Waals surface area contributed by atoms with Gasteiger partial charge in [0.15, 0.2) is 0 Å². The van der Waals surface area contributed by atoms with E-state index >= 15 is 0 Å². The van der Waals surface area contributed by atoms with E-state index in [1.54, 1.807) is 0 Å². The maximum absolute atomic E-state index is 3.78. The van der Waals surface area contributed by atoms with E-state index < -0.39 is 0 Å². The Morgan fingerprint density at radius 2 is 2.21 bits per heavy atom. The summed E-state index contributed by atoms with van der Waals surface area (Å²) in [6.45, 7) is 9.62. The van der Waals surface area contributed by atoms with Crippen LogP contribution in [0.25, 0.3) is 0 Å². The van der Waals surface area contributed by atoms with Gasteiger partial charge in [0.25, 0.3) is 0 Å². The summed E-state index contributed by atoms with van der Waals surface area (Å²) < 4.78 is 0. The van der Waals surface area contributed by atoms with Crippen molar-refractivity contribution in [2.24, 2.45) is 5.41 Å². The van der Waals surface area contributed by atoms with E-state index in [0.29, 0.717) is 5.41 Å². The lowest BCUT2D eigenvalue weighted by Crippen LogP contribution is -2.36. The van der Waals surface area contributed by atoms with E-state index in [9.17, 15) is 0 Å². The van der Waals surface area contributed by atoms with Crippen LogP contribution in [0.15, 0.2) is 12.7 Å². The van der Waals surface area contributed by atoms with Gasteiger partial charge < -0.3 is 5.32 Å². The van der Waals surface area contributed by atoms with Gasteiger partial charge in [-0.1, -0.05) is 19.9 Å². The lowest BCUT2D eigenvalue weighted by molar-refractivity contribution is 0.332. The number of unbranched alkanes of at least 4 members (excludes halogenated alkanes) is 1. The minimum Gasteiger partial charge on any atom is -0.313 e. The molecular weight excluding hydrogens is 170 g/mol. The van der Waals surface area contributed by atoms with Crippen LogP contribution in [-0.2, 0) is 0 Å². The summed E-state index contributed by atoms with van der Waals surface area (Å²) >= 11 is 0. The van der Waals surface area contributed by atoms with Crippen LogP contribution in [0.4, 0.5) is 0 Å². The summed E-state index contributed by atoms with van der Waals surface area (Å²) in [5, 5.41) is 3.70. The monoisotopic (exact) mass is 195 g/mol. The van der Waals surface area contributed by atoms with Crippen molar-refractivity contribution in [2.75, 3.05) is 6.54 Å². The van der Waals surface area contributed by atoms with Crippen LogP contribution in [0.1, 0.15) is 52.4 Å². The third kappa shape index (κ3) is 3.45. The molecule has 1 heteroatoms. The molecular formula is C13H25N. The molecule has 0 aliphatic heterocycles. The first-order valence-corrected chi connectivity index (χ1v) is 6.07. The van der Waals surface area contributed by atoms with Gasteiger partial charge >= 0.3 is 0 Å². The molecule has 0 aromatic carbocycles. The Kier molecular flexibility index (Phi) is 4.67. The number of hydrogen-bond donors (Lipinski definition) is 1. The predicted octanol–water partition coefficient (Wildman–Crippen LogP) is 3.51. The van der Waals surface area contributed by atoms with Gasteiger partial charge in [-0.2, -0.15) is 0 Å². The second-order valence-electron chi connectivity index (χ2n) is 4.88. The summed E-state index contributed by atoms with van der Waals surface area (Å²) in [5.41, 5.74) is 0.621. The zero-order chi connectivity index (χ0) is 10.4. The van der Waals surface area contributed by atoms with E-state index in [0.717, 1.165) is 6.04 Å². The van der Waals surface area contributed by atoms with Crippen LogP contribution >= 0.6 is 0 Å². The summed E-state index contributed by atoms with van der Waals surface area (Å²) in [5.74, 6) is 0. The Morgan fingerprint density at radius 1 is 1.50 bits per heavy atom. The van der Waals surface area contributed by atoms with Crippen molar-refractivity contribution in [3.63, 3.8) is 0 Å². The molecule has 1 saturated carbocycles. The predicted molar refractivity (Wildman–Crippen MR) is 63.5 cm³/mol. The third-order valence-electron chi connectivity index (χ3n) is 3.42. The topological polar surface area (TPSA) is 12.0 Å². The number of allylic oxidation sites excluding steroid dienone is 1. The molecule has 1 aliphatic rings. The number of hydrogen-bond acceptors (Lipinski definition) is 1. The van der Waals surface area contributed by atoms with Crippen LogP contribution in [0.2, 0.25) is 0 Å². The van der Waals surface area contributed by atoms with Gasteiger partial charge in [0.1, 0.15) is 0 Å². The highest BCUT2D eigenvalue weighted by atomic mass is 14.9. The smallest absolute Gasteiger partial charge is 0.0121 e. The number of nitrogens with one attached hydrogen (secondary N) is 1. The van der Waals surface area contributed by atoms with Crippen molar-refractivity contribution in [1.29, 1.82) is 0 Å². The Labute approximate surface area is 89.0 Å². The Morgan fingerprint density at radius 3 is 2.71 bits per heavy atom. The molecule has 82 valence electrons. The fraction of sp³-hybridized carbons (Fsp3) is 0.846. The highest BCUT2D eigenvalue weighted by Gasteiger charge is 2.43. The van der Waals surface area contributed by atoms with Gasteiger partial charge in [0.05, 0.1) is 0 Å². The van der Waals surface area contributed by atoms with Crippen LogP contribution < -0.4 is 5.32 Å². The fourth-order valence-corrected chi connectivity index (χ4v) is 2.03. The van der Waals surface area contributed by atoms with Crippen molar-refractivity contribution in [2.45, 2.75) is 58.4 Å². The standard InChI is InChI=1S/C13H25N/c1-4-6-7-8-12(14-11-5-2)13(3)9-10-13/h4,12,14H,1,5-11H2,2-3H3. The molecule has 1 unspecified atom stereocenters. The average Bonchev–Trinajstić information content (AvgIpc) is 2.91. The van der Waals surface area contributed by atoms with Gasteiger partial charge in [-0.25, -0.2) is 0 Å². The molecule has 0 amide bonds. The molecule has 0 bridgehead atoms. The minimum atomic E-state index is 0.621. The largest absolute Gasteiger partial charge is 0.313 e. The molecule has 1 rings (SSSR count). The first kappa shape index (κ1) is 11.8. The summed E-state index contributed by atoms with van der Waals surface area (Å²) in [6.07, 6.45) is 9.90. The van der Waals surface area contributed by atoms with Crippen LogP contribution in [0.3, 0.4) is 0 Å². The zero-order valence-corrected chi connectivity index (χ0v) is 9.81. The molecule has 0 heterocycles. The van der Waals surface area contributed by atoms with Crippen molar-refractivity contribution < 1.29 is 0 Å². The second-order valence-corrected chi connectivity index (χ2v) is 4.88. The maximum Gasteiger partial charge on any atom is 0.0121 e. The quantitative estimate of drug-likeness (QED) is 0.461. The van der Waals surface area contributed by atoms with E-state index in [1.807, 2.05) is 6.08 Å². The van der Waals surface area contributed by atoms with Crippen LogP contribution in [-0.4, -0.2) is 12.6 Å². The van der Waals surface area contributed by atoms with E-state index in [4.69, 9.17) is 0 Å². The fourth-order valence-electron chi connectivity index (χ4n) is 2.03. The van der Waals surface area contributed by atoms with Crippen LogP contribution in [0, 0.1) is 5.41 Å². The van der Waals surface area contributed by atoms with Gasteiger partial charge in [0, 0.05) is 6.04 Å². The molecule has 0 spiro atoms. The highest BCUT2D eigenvalue weighted by Crippen LogP contribution is 2.49. The van der Waals surface area contributed by atoms with Crippen molar-refractivity contribution >= 4 is 0 Å². The molecule has 1 fully saturated rings. The second kappa shape index (κ2) is 5.55. The summed E-state index contributed by atoms with van der Waals surface area (Å²) in [6, 6.07) is 0.752. The molecule has 0 radical (unpaired) electrons. The molecule has 0 aromatic rings. The summed E-state index contributed by atoms with van der Waals surface area (Å²) in [4.78, 5) is 0. The van der Waals surface area contributed by atoms with Gasteiger partial charge in [-0.3, -0.25) is 0 Å². The van der Waals surface area contributed by atoms with Gasteiger partial charge in [-0.05, 0) is 50.5 Å². The first-order valence-electron chi connectivity index (χ1n) is 6.07. The molecule has 1 N–H and O–H groups in total. The van der Waals surface area contributed by atoms with Crippen molar-refractivity contribution in [1.82, 2.24) is 5.32 Å². The van der Waals surface area contributed by atoms with Crippen molar-refractivity contribution in [3.8, 4) is 0 Å². The van der Waals surface area contributed by atoms with E-state index in [2.05, 4.69) is 25.7 Å². The SMILES string of the molecule is C=CCCCC(NCCC)C1(C)CC1. The van der Waals surface area contributed by atoms with Gasteiger partial charge in [0.2, 0.25) is 0 Å². The Balaban J connectivity index is 2.25. The number of rotatable bonds is 8. The lowest BCUT2D eigenvalue weighted by atomic mass is 9.93. The van der Waals surface area contributed by atoms with E-state index in [1.165, 1.54) is 45.1 Å². The Hall–Kier alpha value is -0.300. The third-order valence-corrected chi connectivity index (χ3v) is 3.42. The highest BCUT2D eigenvalue weighted by molar-refractivity contribution is 4.98. The van der Waals surface area contributed by atoms with Crippen LogP contribution in [0.5, 0.6) is 0 Å².